The lowest BCUT2D eigenvalue weighted by atomic mass is 9.69. The smallest absolute Gasteiger partial charge is 0.312 e. The van der Waals surface area contributed by atoms with Gasteiger partial charge in [-0.3, -0.25) is 4.79 Å². The summed E-state index contributed by atoms with van der Waals surface area (Å²) >= 11 is 0. The Morgan fingerprint density at radius 3 is 2.40 bits per heavy atom. The van der Waals surface area contributed by atoms with Crippen LogP contribution in [0.5, 0.6) is 0 Å². The fourth-order valence-corrected chi connectivity index (χ4v) is 3.48. The van der Waals surface area contributed by atoms with E-state index >= 15 is 0 Å². The third-order valence-electron chi connectivity index (χ3n) is 5.18. The number of rotatable bonds is 1. The van der Waals surface area contributed by atoms with E-state index in [0.29, 0.717) is 0 Å². The van der Waals surface area contributed by atoms with Crippen LogP contribution >= 0.6 is 0 Å². The van der Waals surface area contributed by atoms with Crippen molar-refractivity contribution in [1.29, 1.82) is 0 Å². The SMILES string of the molecule is CC(C)(C)C(=O)OC1(C)c2ccccc2CCC12CC2. The van der Waals surface area contributed by atoms with E-state index in [-0.39, 0.29) is 11.4 Å². The van der Waals surface area contributed by atoms with Crippen molar-refractivity contribution in [3.05, 3.63) is 35.4 Å². The first kappa shape index (κ1) is 13.7. The molecule has 1 atom stereocenters. The molecule has 0 aliphatic heterocycles. The van der Waals surface area contributed by atoms with Gasteiger partial charge in [0.15, 0.2) is 0 Å². The fraction of sp³-hybridized carbons (Fsp3) is 0.611. The molecule has 1 fully saturated rings. The fourth-order valence-electron chi connectivity index (χ4n) is 3.48. The van der Waals surface area contributed by atoms with Crippen molar-refractivity contribution in [3.8, 4) is 0 Å². The molecule has 1 unspecified atom stereocenters. The van der Waals surface area contributed by atoms with E-state index in [1.807, 2.05) is 20.8 Å². The minimum atomic E-state index is -0.453. The van der Waals surface area contributed by atoms with E-state index in [2.05, 4.69) is 31.2 Å². The molecule has 0 heterocycles. The molecule has 0 saturated heterocycles. The van der Waals surface area contributed by atoms with Crippen molar-refractivity contribution in [1.82, 2.24) is 0 Å². The Morgan fingerprint density at radius 2 is 1.80 bits per heavy atom. The van der Waals surface area contributed by atoms with Crippen molar-refractivity contribution < 1.29 is 9.53 Å². The van der Waals surface area contributed by atoms with Crippen LogP contribution in [0, 0.1) is 10.8 Å². The van der Waals surface area contributed by atoms with E-state index in [1.54, 1.807) is 0 Å². The van der Waals surface area contributed by atoms with Gasteiger partial charge >= 0.3 is 5.97 Å². The van der Waals surface area contributed by atoms with Gasteiger partial charge in [-0.25, -0.2) is 0 Å². The van der Waals surface area contributed by atoms with E-state index in [1.165, 1.54) is 24.0 Å². The van der Waals surface area contributed by atoms with Gasteiger partial charge in [-0.05, 0) is 64.5 Å². The van der Waals surface area contributed by atoms with Gasteiger partial charge in [0.05, 0.1) is 5.41 Å². The Balaban J connectivity index is 2.03. The van der Waals surface area contributed by atoms with Gasteiger partial charge in [0.25, 0.3) is 0 Å². The lowest BCUT2D eigenvalue weighted by Crippen LogP contribution is -2.44. The van der Waals surface area contributed by atoms with Crippen LogP contribution in [0.2, 0.25) is 0 Å². The summed E-state index contributed by atoms with van der Waals surface area (Å²) in [5, 5.41) is 0. The molecule has 2 heteroatoms. The molecule has 0 amide bonds. The molecule has 0 bridgehead atoms. The summed E-state index contributed by atoms with van der Waals surface area (Å²) in [6.45, 7) is 7.90. The summed E-state index contributed by atoms with van der Waals surface area (Å²) in [5.74, 6) is -0.0945. The summed E-state index contributed by atoms with van der Waals surface area (Å²) in [6.07, 6.45) is 4.60. The van der Waals surface area contributed by atoms with Crippen LogP contribution < -0.4 is 0 Å². The van der Waals surface area contributed by atoms with Crippen LogP contribution in [-0.2, 0) is 21.6 Å². The molecule has 1 aromatic rings. The summed E-state index contributed by atoms with van der Waals surface area (Å²) in [6, 6.07) is 8.46. The zero-order valence-electron chi connectivity index (χ0n) is 13.0. The van der Waals surface area contributed by atoms with Crippen molar-refractivity contribution in [2.45, 2.75) is 59.0 Å². The number of esters is 1. The first-order valence-electron chi connectivity index (χ1n) is 7.60. The summed E-state index contributed by atoms with van der Waals surface area (Å²) < 4.78 is 6.11. The first-order chi connectivity index (χ1) is 9.29. The van der Waals surface area contributed by atoms with Crippen LogP contribution in [-0.4, -0.2) is 5.97 Å². The highest BCUT2D eigenvalue weighted by Crippen LogP contribution is 2.65. The minimum absolute atomic E-state index is 0.0945. The van der Waals surface area contributed by atoms with Gasteiger partial charge in [-0.1, -0.05) is 24.3 Å². The minimum Gasteiger partial charge on any atom is -0.453 e. The average Bonchev–Trinajstić information content (AvgIpc) is 3.15. The van der Waals surface area contributed by atoms with E-state index in [4.69, 9.17) is 4.74 Å². The maximum absolute atomic E-state index is 12.4. The lowest BCUT2D eigenvalue weighted by Gasteiger charge is -2.44. The molecular weight excluding hydrogens is 248 g/mol. The molecule has 0 aromatic heterocycles. The zero-order chi connectivity index (χ0) is 14.6. The molecule has 2 aliphatic rings. The van der Waals surface area contributed by atoms with Gasteiger partial charge in [-0.2, -0.15) is 0 Å². The molecule has 1 saturated carbocycles. The van der Waals surface area contributed by atoms with Crippen LogP contribution in [0.25, 0.3) is 0 Å². The van der Waals surface area contributed by atoms with Crippen molar-refractivity contribution >= 4 is 5.97 Å². The third kappa shape index (κ3) is 1.88. The second-order valence-electron chi connectivity index (χ2n) is 7.61. The Labute approximate surface area is 121 Å². The van der Waals surface area contributed by atoms with Crippen LogP contribution in [0.4, 0.5) is 0 Å². The molecule has 108 valence electrons. The molecule has 0 radical (unpaired) electrons. The predicted octanol–water partition coefficient (Wildman–Crippen LogP) is 4.22. The molecule has 0 N–H and O–H groups in total. The largest absolute Gasteiger partial charge is 0.453 e. The Hall–Kier alpha value is -1.31. The molecule has 2 nitrogen and oxygen atoms in total. The van der Waals surface area contributed by atoms with Crippen LogP contribution in [0.15, 0.2) is 24.3 Å². The molecule has 1 spiro atoms. The van der Waals surface area contributed by atoms with Crippen molar-refractivity contribution in [2.24, 2.45) is 10.8 Å². The second kappa shape index (κ2) is 4.09. The number of hydrogen-bond donors (Lipinski definition) is 0. The number of fused-ring (bicyclic) bond motifs is 1. The molecule has 3 rings (SSSR count). The number of benzene rings is 1. The van der Waals surface area contributed by atoms with E-state index < -0.39 is 11.0 Å². The summed E-state index contributed by atoms with van der Waals surface area (Å²) in [7, 11) is 0. The normalized spacial score (nSPS) is 27.0. The Bertz CT molecular complexity index is 549. The number of ether oxygens (including phenoxy) is 1. The highest BCUT2D eigenvalue weighted by atomic mass is 16.6. The summed E-state index contributed by atoms with van der Waals surface area (Å²) in [5.41, 5.74) is 1.84. The molecular formula is C18H24O2. The quantitative estimate of drug-likeness (QED) is 0.716. The Kier molecular flexibility index (Phi) is 2.80. The van der Waals surface area contributed by atoms with Gasteiger partial charge in [0.1, 0.15) is 5.60 Å². The van der Waals surface area contributed by atoms with Crippen molar-refractivity contribution in [2.75, 3.05) is 0 Å². The maximum Gasteiger partial charge on any atom is 0.312 e. The first-order valence-corrected chi connectivity index (χ1v) is 7.60. The van der Waals surface area contributed by atoms with Gasteiger partial charge in [0, 0.05) is 5.41 Å². The van der Waals surface area contributed by atoms with Crippen LogP contribution in [0.1, 0.15) is 58.1 Å². The van der Waals surface area contributed by atoms with Crippen LogP contribution in [0.3, 0.4) is 0 Å². The Morgan fingerprint density at radius 1 is 1.15 bits per heavy atom. The molecule has 2 aliphatic carbocycles. The highest BCUT2D eigenvalue weighted by molar-refractivity contribution is 5.76. The standard InChI is InChI=1S/C18H24O2/c1-16(2,3)15(19)20-17(4)14-8-6-5-7-13(14)9-10-18(17)11-12-18/h5-8H,9-12H2,1-4H3. The number of hydrogen-bond acceptors (Lipinski definition) is 2. The predicted molar refractivity (Wildman–Crippen MR) is 79.3 cm³/mol. The number of aryl methyl sites for hydroxylation is 1. The van der Waals surface area contributed by atoms with Gasteiger partial charge in [0.2, 0.25) is 0 Å². The van der Waals surface area contributed by atoms with E-state index in [9.17, 15) is 4.79 Å². The molecule has 20 heavy (non-hydrogen) atoms. The lowest BCUT2D eigenvalue weighted by molar-refractivity contribution is -0.179. The average molecular weight is 272 g/mol. The zero-order valence-corrected chi connectivity index (χ0v) is 13.0. The number of carbonyl (C=O) groups is 1. The van der Waals surface area contributed by atoms with E-state index in [0.717, 1.165) is 12.8 Å². The second-order valence-corrected chi connectivity index (χ2v) is 7.61. The molecule has 1 aromatic carbocycles. The van der Waals surface area contributed by atoms with Gasteiger partial charge < -0.3 is 4.74 Å². The highest BCUT2D eigenvalue weighted by Gasteiger charge is 2.62. The monoisotopic (exact) mass is 272 g/mol. The topological polar surface area (TPSA) is 26.3 Å². The van der Waals surface area contributed by atoms with Gasteiger partial charge in [-0.15, -0.1) is 0 Å². The number of carbonyl (C=O) groups excluding carboxylic acids is 1. The van der Waals surface area contributed by atoms with Crippen molar-refractivity contribution in [3.63, 3.8) is 0 Å². The third-order valence-corrected chi connectivity index (χ3v) is 5.18. The summed E-state index contributed by atoms with van der Waals surface area (Å²) in [4.78, 5) is 12.4. The maximum atomic E-state index is 12.4.